The summed E-state index contributed by atoms with van der Waals surface area (Å²) in [4.78, 5) is 22.8. The van der Waals surface area contributed by atoms with E-state index in [1.165, 1.54) is 19.2 Å². The van der Waals surface area contributed by atoms with E-state index in [-0.39, 0.29) is 24.2 Å². The molecule has 0 N–H and O–H groups in total. The molecule has 24 heavy (non-hydrogen) atoms. The molecule has 1 aromatic heterocycles. The minimum atomic E-state index is -0.301. The predicted molar refractivity (Wildman–Crippen MR) is 87.9 cm³/mol. The third kappa shape index (κ3) is 3.59. The molecule has 1 aromatic carbocycles. The number of halogens is 1. The van der Waals surface area contributed by atoms with Crippen molar-refractivity contribution in [2.45, 2.75) is 18.8 Å². The van der Waals surface area contributed by atoms with Crippen LogP contribution in [0.15, 0.2) is 36.7 Å². The maximum absolute atomic E-state index is 13.6. The minimum absolute atomic E-state index is 0.0154. The van der Waals surface area contributed by atoms with Gasteiger partial charge in [0, 0.05) is 44.1 Å². The molecule has 1 fully saturated rings. The standard InChI is InChI=1S/C18H20FN3O2/c1-24-12-16(23)22-9-3-5-14(11-22)18-17(20-7-8-21-18)13-4-2-6-15(19)10-13/h2,4,6-8,10,14H,3,5,9,11-12H2,1H3/t14-/m0/s1. The summed E-state index contributed by atoms with van der Waals surface area (Å²) in [6.07, 6.45) is 5.09. The summed E-state index contributed by atoms with van der Waals surface area (Å²) in [5.74, 6) is -0.227. The number of hydrogen-bond donors (Lipinski definition) is 0. The molecule has 0 bridgehead atoms. The Hall–Kier alpha value is -2.34. The van der Waals surface area contributed by atoms with Crippen molar-refractivity contribution in [1.29, 1.82) is 0 Å². The Kier molecular flexibility index (Phi) is 5.15. The first-order valence-electron chi connectivity index (χ1n) is 8.02. The van der Waals surface area contributed by atoms with Gasteiger partial charge in [0.05, 0.1) is 11.4 Å². The molecule has 1 aliphatic heterocycles. The first-order valence-corrected chi connectivity index (χ1v) is 8.02. The van der Waals surface area contributed by atoms with Crippen molar-refractivity contribution in [3.05, 3.63) is 48.2 Å². The van der Waals surface area contributed by atoms with Crippen LogP contribution in [0.1, 0.15) is 24.5 Å². The molecule has 2 aromatic rings. The minimum Gasteiger partial charge on any atom is -0.375 e. The molecular weight excluding hydrogens is 309 g/mol. The molecule has 1 saturated heterocycles. The zero-order valence-electron chi connectivity index (χ0n) is 13.6. The highest BCUT2D eigenvalue weighted by Crippen LogP contribution is 2.31. The summed E-state index contributed by atoms with van der Waals surface area (Å²) in [7, 11) is 1.52. The number of benzene rings is 1. The lowest BCUT2D eigenvalue weighted by Crippen LogP contribution is -2.41. The van der Waals surface area contributed by atoms with Gasteiger partial charge in [0.2, 0.25) is 5.91 Å². The fourth-order valence-electron chi connectivity index (χ4n) is 3.15. The van der Waals surface area contributed by atoms with Crippen LogP contribution in [0.2, 0.25) is 0 Å². The number of likely N-dealkylation sites (tertiary alicyclic amines) is 1. The van der Waals surface area contributed by atoms with Crippen LogP contribution in [0.5, 0.6) is 0 Å². The van der Waals surface area contributed by atoms with Gasteiger partial charge in [-0.15, -0.1) is 0 Å². The second-order valence-corrected chi connectivity index (χ2v) is 5.91. The Balaban J connectivity index is 1.88. The summed E-state index contributed by atoms with van der Waals surface area (Å²) in [6.45, 7) is 1.40. The van der Waals surface area contributed by atoms with E-state index in [1.54, 1.807) is 18.5 Å². The van der Waals surface area contributed by atoms with Crippen LogP contribution >= 0.6 is 0 Å². The number of amides is 1. The van der Waals surface area contributed by atoms with Gasteiger partial charge in [-0.05, 0) is 25.0 Å². The van der Waals surface area contributed by atoms with E-state index in [0.717, 1.165) is 25.1 Å². The first-order chi connectivity index (χ1) is 11.7. The predicted octanol–water partition coefficient (Wildman–Crippen LogP) is 2.64. The highest BCUT2D eigenvalue weighted by molar-refractivity contribution is 5.77. The lowest BCUT2D eigenvalue weighted by molar-refractivity contribution is -0.136. The van der Waals surface area contributed by atoms with Gasteiger partial charge in [-0.25, -0.2) is 4.39 Å². The van der Waals surface area contributed by atoms with Gasteiger partial charge in [-0.3, -0.25) is 14.8 Å². The van der Waals surface area contributed by atoms with Gasteiger partial charge in [0.25, 0.3) is 0 Å². The van der Waals surface area contributed by atoms with Crippen molar-refractivity contribution in [2.24, 2.45) is 0 Å². The molecule has 0 unspecified atom stereocenters. The topological polar surface area (TPSA) is 55.3 Å². The smallest absolute Gasteiger partial charge is 0.248 e. The molecule has 0 aliphatic carbocycles. The van der Waals surface area contributed by atoms with Crippen LogP contribution in [-0.2, 0) is 9.53 Å². The zero-order chi connectivity index (χ0) is 16.9. The molecule has 1 atom stereocenters. The molecule has 1 amide bonds. The van der Waals surface area contributed by atoms with Crippen molar-refractivity contribution in [1.82, 2.24) is 14.9 Å². The maximum Gasteiger partial charge on any atom is 0.248 e. The van der Waals surface area contributed by atoms with Crippen LogP contribution in [0.4, 0.5) is 4.39 Å². The number of rotatable bonds is 4. The van der Waals surface area contributed by atoms with Crippen LogP contribution < -0.4 is 0 Å². The number of methoxy groups -OCH3 is 1. The van der Waals surface area contributed by atoms with Crippen LogP contribution in [0.25, 0.3) is 11.3 Å². The average molecular weight is 329 g/mol. The van der Waals surface area contributed by atoms with E-state index >= 15 is 0 Å². The van der Waals surface area contributed by atoms with Crippen molar-refractivity contribution >= 4 is 5.91 Å². The van der Waals surface area contributed by atoms with Gasteiger partial charge in [0.1, 0.15) is 12.4 Å². The Morgan fingerprint density at radius 3 is 3.00 bits per heavy atom. The SMILES string of the molecule is COCC(=O)N1CCC[C@H](c2nccnc2-c2cccc(F)c2)C1. The largest absolute Gasteiger partial charge is 0.375 e. The lowest BCUT2D eigenvalue weighted by atomic mass is 9.91. The first kappa shape index (κ1) is 16.5. The highest BCUT2D eigenvalue weighted by atomic mass is 19.1. The summed E-state index contributed by atoms with van der Waals surface area (Å²) in [6, 6.07) is 6.36. The number of aromatic nitrogens is 2. The number of carbonyl (C=O) groups excluding carboxylic acids is 1. The van der Waals surface area contributed by atoms with Gasteiger partial charge in [0.15, 0.2) is 0 Å². The molecule has 1 aliphatic rings. The highest BCUT2D eigenvalue weighted by Gasteiger charge is 2.27. The molecule has 3 rings (SSSR count). The molecule has 0 spiro atoms. The Morgan fingerprint density at radius 1 is 1.38 bits per heavy atom. The summed E-state index contributed by atoms with van der Waals surface area (Å²) >= 11 is 0. The average Bonchev–Trinajstić information content (AvgIpc) is 2.62. The Labute approximate surface area is 140 Å². The van der Waals surface area contributed by atoms with E-state index < -0.39 is 0 Å². The quantitative estimate of drug-likeness (QED) is 0.865. The Morgan fingerprint density at radius 2 is 2.21 bits per heavy atom. The monoisotopic (exact) mass is 329 g/mol. The van der Waals surface area contributed by atoms with Crippen molar-refractivity contribution in [3.63, 3.8) is 0 Å². The van der Waals surface area contributed by atoms with E-state index in [2.05, 4.69) is 9.97 Å². The van der Waals surface area contributed by atoms with Crippen molar-refractivity contribution in [2.75, 3.05) is 26.8 Å². The van der Waals surface area contributed by atoms with Gasteiger partial charge in [-0.2, -0.15) is 0 Å². The summed E-state index contributed by atoms with van der Waals surface area (Å²) in [5, 5.41) is 0. The second-order valence-electron chi connectivity index (χ2n) is 5.91. The van der Waals surface area contributed by atoms with Gasteiger partial charge < -0.3 is 9.64 Å². The summed E-state index contributed by atoms with van der Waals surface area (Å²) in [5.41, 5.74) is 2.21. The van der Waals surface area contributed by atoms with Crippen molar-refractivity contribution < 1.29 is 13.9 Å². The molecule has 126 valence electrons. The van der Waals surface area contributed by atoms with Crippen LogP contribution in [0.3, 0.4) is 0 Å². The third-order valence-corrected chi connectivity index (χ3v) is 4.25. The lowest BCUT2D eigenvalue weighted by Gasteiger charge is -2.33. The van der Waals surface area contributed by atoms with E-state index in [4.69, 9.17) is 4.74 Å². The number of carbonyl (C=O) groups is 1. The third-order valence-electron chi connectivity index (χ3n) is 4.25. The molecule has 2 heterocycles. The molecule has 0 radical (unpaired) electrons. The number of ether oxygens (including phenoxy) is 1. The zero-order valence-corrected chi connectivity index (χ0v) is 13.6. The number of piperidine rings is 1. The van der Waals surface area contributed by atoms with E-state index in [9.17, 15) is 9.18 Å². The molecule has 0 saturated carbocycles. The van der Waals surface area contributed by atoms with Gasteiger partial charge in [-0.1, -0.05) is 12.1 Å². The van der Waals surface area contributed by atoms with Crippen molar-refractivity contribution in [3.8, 4) is 11.3 Å². The van der Waals surface area contributed by atoms with E-state index in [0.29, 0.717) is 17.8 Å². The summed E-state index contributed by atoms with van der Waals surface area (Å²) < 4.78 is 18.5. The fourth-order valence-corrected chi connectivity index (χ4v) is 3.15. The molecule has 5 nitrogen and oxygen atoms in total. The number of nitrogens with zero attached hydrogens (tertiary/aromatic N) is 3. The van der Waals surface area contributed by atoms with Crippen LogP contribution in [0, 0.1) is 5.82 Å². The number of hydrogen-bond acceptors (Lipinski definition) is 4. The maximum atomic E-state index is 13.6. The van der Waals surface area contributed by atoms with Gasteiger partial charge >= 0.3 is 0 Å². The normalized spacial score (nSPS) is 17.8. The second kappa shape index (κ2) is 7.49. The fraction of sp³-hybridized carbons (Fsp3) is 0.389. The Bertz CT molecular complexity index is 723. The molecular formula is C18H20FN3O2. The van der Waals surface area contributed by atoms with Crippen LogP contribution in [-0.4, -0.2) is 47.6 Å². The van der Waals surface area contributed by atoms with E-state index in [1.807, 2.05) is 11.0 Å². The molecule has 6 heteroatoms.